The van der Waals surface area contributed by atoms with Crippen LogP contribution in [0.3, 0.4) is 0 Å². The molecule has 0 saturated carbocycles. The zero-order valence-corrected chi connectivity index (χ0v) is 15.3. The molecule has 0 fully saturated rings. The van der Waals surface area contributed by atoms with Crippen molar-refractivity contribution >= 4 is 23.3 Å². The summed E-state index contributed by atoms with van der Waals surface area (Å²) in [6, 6.07) is 22.4. The Bertz CT molecular complexity index is 995. The van der Waals surface area contributed by atoms with Crippen LogP contribution in [0.15, 0.2) is 78.9 Å². The monoisotopic (exact) mass is 373 g/mol. The van der Waals surface area contributed by atoms with Crippen molar-refractivity contribution in [1.29, 1.82) is 0 Å². The van der Waals surface area contributed by atoms with Crippen LogP contribution in [0.1, 0.15) is 31.8 Å². The van der Waals surface area contributed by atoms with Crippen molar-refractivity contribution in [3.05, 3.63) is 101 Å². The molecule has 3 rings (SSSR count). The molecule has 0 aliphatic rings. The molecule has 0 spiro atoms. The number of ketones is 1. The van der Waals surface area contributed by atoms with E-state index in [-0.39, 0.29) is 11.3 Å². The van der Waals surface area contributed by atoms with Crippen molar-refractivity contribution < 1.29 is 19.1 Å². The molecule has 3 aromatic rings. The Balaban J connectivity index is 1.57. The van der Waals surface area contributed by atoms with Crippen LogP contribution in [0.2, 0.25) is 0 Å². The minimum atomic E-state index is -0.626. The summed E-state index contributed by atoms with van der Waals surface area (Å²) in [6.45, 7) is 1.48. The summed E-state index contributed by atoms with van der Waals surface area (Å²) in [6.07, 6.45) is 0. The fraction of sp³-hybridized carbons (Fsp3) is 0.0870. The highest BCUT2D eigenvalue weighted by molar-refractivity contribution is 6.09. The van der Waals surface area contributed by atoms with Gasteiger partial charge in [-0.2, -0.15) is 0 Å². The van der Waals surface area contributed by atoms with Gasteiger partial charge in [0.2, 0.25) is 0 Å². The summed E-state index contributed by atoms with van der Waals surface area (Å²) >= 11 is 0. The second-order valence-corrected chi connectivity index (χ2v) is 6.21. The van der Waals surface area contributed by atoms with Crippen LogP contribution >= 0.6 is 0 Å². The lowest BCUT2D eigenvalue weighted by Crippen LogP contribution is -2.21. The molecule has 0 saturated heterocycles. The maximum atomic E-state index is 12.4. The molecule has 0 bridgehead atoms. The SMILES string of the molecule is Cc1ccccc1NC(=O)COC(=O)c1ccc(C(=O)c2ccccc2)cc1. The molecule has 0 aliphatic heterocycles. The van der Waals surface area contributed by atoms with Gasteiger partial charge in [-0.05, 0) is 30.7 Å². The summed E-state index contributed by atoms with van der Waals surface area (Å²) in [4.78, 5) is 36.5. The van der Waals surface area contributed by atoms with Crippen LogP contribution in [0, 0.1) is 6.92 Å². The van der Waals surface area contributed by atoms with Crippen molar-refractivity contribution in [3.63, 3.8) is 0 Å². The lowest BCUT2D eigenvalue weighted by molar-refractivity contribution is -0.119. The summed E-state index contributed by atoms with van der Waals surface area (Å²) in [7, 11) is 0. The molecule has 1 amide bonds. The van der Waals surface area contributed by atoms with E-state index in [0.717, 1.165) is 5.56 Å². The Morgan fingerprint density at radius 3 is 2.00 bits per heavy atom. The van der Waals surface area contributed by atoms with Crippen LogP contribution in [-0.2, 0) is 9.53 Å². The molecular weight excluding hydrogens is 354 g/mol. The van der Waals surface area contributed by atoms with Crippen LogP contribution in [-0.4, -0.2) is 24.3 Å². The zero-order valence-electron chi connectivity index (χ0n) is 15.3. The Morgan fingerprint density at radius 2 is 1.32 bits per heavy atom. The van der Waals surface area contributed by atoms with Gasteiger partial charge in [0.05, 0.1) is 5.56 Å². The fourth-order valence-corrected chi connectivity index (χ4v) is 2.63. The molecule has 0 atom stereocenters. The number of para-hydroxylation sites is 1. The van der Waals surface area contributed by atoms with E-state index < -0.39 is 18.5 Å². The van der Waals surface area contributed by atoms with Crippen molar-refractivity contribution in [1.82, 2.24) is 0 Å². The first-order valence-corrected chi connectivity index (χ1v) is 8.77. The van der Waals surface area contributed by atoms with E-state index in [1.807, 2.05) is 31.2 Å². The van der Waals surface area contributed by atoms with Crippen LogP contribution in [0.5, 0.6) is 0 Å². The van der Waals surface area contributed by atoms with E-state index in [1.165, 1.54) is 12.1 Å². The van der Waals surface area contributed by atoms with E-state index in [9.17, 15) is 14.4 Å². The predicted molar refractivity (Wildman–Crippen MR) is 106 cm³/mol. The predicted octanol–water partition coefficient (Wildman–Crippen LogP) is 4.02. The van der Waals surface area contributed by atoms with E-state index >= 15 is 0 Å². The average Bonchev–Trinajstić information content (AvgIpc) is 2.74. The van der Waals surface area contributed by atoms with E-state index in [2.05, 4.69) is 5.32 Å². The normalized spacial score (nSPS) is 10.2. The van der Waals surface area contributed by atoms with Crippen molar-refractivity contribution in [2.24, 2.45) is 0 Å². The number of hydrogen-bond acceptors (Lipinski definition) is 4. The van der Waals surface area contributed by atoms with Gasteiger partial charge < -0.3 is 10.1 Å². The van der Waals surface area contributed by atoms with E-state index in [0.29, 0.717) is 16.8 Å². The maximum Gasteiger partial charge on any atom is 0.338 e. The largest absolute Gasteiger partial charge is 0.452 e. The maximum absolute atomic E-state index is 12.4. The number of rotatable bonds is 6. The van der Waals surface area contributed by atoms with Gasteiger partial charge in [0.15, 0.2) is 12.4 Å². The molecular formula is C23H19NO4. The highest BCUT2D eigenvalue weighted by Crippen LogP contribution is 2.14. The van der Waals surface area contributed by atoms with Crippen molar-refractivity contribution in [2.75, 3.05) is 11.9 Å². The molecule has 5 nitrogen and oxygen atoms in total. The third-order valence-electron chi connectivity index (χ3n) is 4.17. The first kappa shape index (κ1) is 19.0. The molecule has 0 heterocycles. The third-order valence-corrected chi connectivity index (χ3v) is 4.17. The first-order chi connectivity index (χ1) is 13.5. The average molecular weight is 373 g/mol. The minimum Gasteiger partial charge on any atom is -0.452 e. The zero-order chi connectivity index (χ0) is 19.9. The van der Waals surface area contributed by atoms with Gasteiger partial charge in [0.1, 0.15) is 0 Å². The Kier molecular flexibility index (Phi) is 5.97. The van der Waals surface area contributed by atoms with Crippen LogP contribution in [0.25, 0.3) is 0 Å². The van der Waals surface area contributed by atoms with Gasteiger partial charge in [0.25, 0.3) is 5.91 Å². The second kappa shape index (κ2) is 8.77. The quantitative estimate of drug-likeness (QED) is 0.523. The Morgan fingerprint density at radius 1 is 0.750 bits per heavy atom. The number of hydrogen-bond donors (Lipinski definition) is 1. The number of carbonyl (C=O) groups excluding carboxylic acids is 3. The lowest BCUT2D eigenvalue weighted by atomic mass is 10.0. The molecule has 5 heteroatoms. The van der Waals surface area contributed by atoms with Crippen LogP contribution in [0.4, 0.5) is 5.69 Å². The lowest BCUT2D eigenvalue weighted by Gasteiger charge is -2.09. The van der Waals surface area contributed by atoms with Gasteiger partial charge in [0, 0.05) is 16.8 Å². The molecule has 0 radical (unpaired) electrons. The number of carbonyl (C=O) groups is 3. The number of anilines is 1. The fourth-order valence-electron chi connectivity index (χ4n) is 2.63. The molecule has 1 N–H and O–H groups in total. The minimum absolute atomic E-state index is 0.127. The van der Waals surface area contributed by atoms with Gasteiger partial charge in [-0.25, -0.2) is 4.79 Å². The van der Waals surface area contributed by atoms with Gasteiger partial charge in [-0.1, -0.05) is 60.7 Å². The van der Waals surface area contributed by atoms with Gasteiger partial charge >= 0.3 is 5.97 Å². The molecule has 3 aromatic carbocycles. The Hall–Kier alpha value is -3.73. The number of nitrogens with one attached hydrogen (secondary N) is 1. The molecule has 28 heavy (non-hydrogen) atoms. The number of amides is 1. The number of ether oxygens (including phenoxy) is 1. The molecule has 0 aliphatic carbocycles. The number of benzene rings is 3. The van der Waals surface area contributed by atoms with E-state index in [4.69, 9.17) is 4.74 Å². The van der Waals surface area contributed by atoms with Crippen molar-refractivity contribution in [2.45, 2.75) is 6.92 Å². The van der Waals surface area contributed by atoms with Gasteiger partial charge in [-0.3, -0.25) is 9.59 Å². The molecule has 140 valence electrons. The van der Waals surface area contributed by atoms with Crippen LogP contribution < -0.4 is 5.32 Å². The third kappa shape index (κ3) is 4.71. The summed E-state index contributed by atoms with van der Waals surface area (Å²) < 4.78 is 5.05. The highest BCUT2D eigenvalue weighted by Gasteiger charge is 2.13. The standard InChI is InChI=1S/C23H19NO4/c1-16-7-5-6-10-20(16)24-21(25)15-28-23(27)19-13-11-18(12-14-19)22(26)17-8-3-2-4-9-17/h2-14H,15H2,1H3,(H,24,25). The summed E-state index contributed by atoms with van der Waals surface area (Å²) in [5, 5.41) is 2.70. The Labute approximate surface area is 163 Å². The van der Waals surface area contributed by atoms with Crippen molar-refractivity contribution in [3.8, 4) is 0 Å². The molecule has 0 unspecified atom stereocenters. The number of esters is 1. The second-order valence-electron chi connectivity index (χ2n) is 6.21. The van der Waals surface area contributed by atoms with Gasteiger partial charge in [-0.15, -0.1) is 0 Å². The topological polar surface area (TPSA) is 72.5 Å². The summed E-state index contributed by atoms with van der Waals surface area (Å²) in [5.74, 6) is -1.17. The first-order valence-electron chi connectivity index (χ1n) is 8.77. The highest BCUT2D eigenvalue weighted by atomic mass is 16.5. The van der Waals surface area contributed by atoms with E-state index in [1.54, 1.807) is 42.5 Å². The smallest absolute Gasteiger partial charge is 0.338 e. The molecule has 0 aromatic heterocycles. The summed E-state index contributed by atoms with van der Waals surface area (Å²) in [5.41, 5.74) is 2.91. The number of aryl methyl sites for hydroxylation is 1.